The van der Waals surface area contributed by atoms with E-state index in [-0.39, 0.29) is 17.2 Å². The maximum atomic E-state index is 13.7. The first kappa shape index (κ1) is 18.2. The van der Waals surface area contributed by atoms with Crippen LogP contribution in [0.25, 0.3) is 0 Å². The van der Waals surface area contributed by atoms with Crippen LogP contribution in [0.1, 0.15) is 17.4 Å². The zero-order valence-corrected chi connectivity index (χ0v) is 14.4. The van der Waals surface area contributed by atoms with Crippen LogP contribution in [0.2, 0.25) is 0 Å². The summed E-state index contributed by atoms with van der Waals surface area (Å²) in [6, 6.07) is 10.2. The zero-order chi connectivity index (χ0) is 19.2. The van der Waals surface area contributed by atoms with E-state index in [4.69, 9.17) is 4.74 Å². The van der Waals surface area contributed by atoms with Gasteiger partial charge in [0, 0.05) is 6.07 Å². The van der Waals surface area contributed by atoms with Crippen molar-refractivity contribution in [3.63, 3.8) is 0 Å². The average Bonchev–Trinajstić information content (AvgIpc) is 2.66. The highest BCUT2D eigenvalue weighted by Crippen LogP contribution is 2.24. The number of nitrogens with zero attached hydrogens (tertiary/aromatic N) is 2. The number of ether oxygens (including phenoxy) is 1. The molecule has 8 heteroatoms. The average molecular weight is 370 g/mol. The number of aromatic nitrogens is 2. The fourth-order valence-corrected chi connectivity index (χ4v) is 2.28. The van der Waals surface area contributed by atoms with Crippen molar-refractivity contribution in [1.82, 2.24) is 9.97 Å². The van der Waals surface area contributed by atoms with Gasteiger partial charge in [-0.25, -0.2) is 18.7 Å². The van der Waals surface area contributed by atoms with Crippen molar-refractivity contribution < 1.29 is 18.3 Å². The summed E-state index contributed by atoms with van der Waals surface area (Å²) >= 11 is 0. The minimum Gasteiger partial charge on any atom is -0.492 e. The van der Waals surface area contributed by atoms with Crippen LogP contribution in [-0.4, -0.2) is 22.5 Å². The molecule has 1 aromatic heterocycles. The van der Waals surface area contributed by atoms with Crippen LogP contribution in [0.4, 0.5) is 26.0 Å². The largest absolute Gasteiger partial charge is 0.492 e. The summed E-state index contributed by atoms with van der Waals surface area (Å²) in [5, 5.41) is 5.38. The van der Waals surface area contributed by atoms with Crippen molar-refractivity contribution >= 4 is 23.1 Å². The summed E-state index contributed by atoms with van der Waals surface area (Å²) in [6.07, 6.45) is 2.54. The van der Waals surface area contributed by atoms with Crippen LogP contribution in [0.5, 0.6) is 5.75 Å². The number of carbonyl (C=O) groups excluding carboxylic acids is 1. The van der Waals surface area contributed by atoms with Gasteiger partial charge in [-0.2, -0.15) is 0 Å². The van der Waals surface area contributed by atoms with Crippen LogP contribution in [0, 0.1) is 11.6 Å². The minimum absolute atomic E-state index is 0.0496. The van der Waals surface area contributed by atoms with E-state index in [0.717, 1.165) is 12.1 Å². The van der Waals surface area contributed by atoms with Gasteiger partial charge in [0.05, 0.1) is 30.4 Å². The monoisotopic (exact) mass is 370 g/mol. The second-order valence-corrected chi connectivity index (χ2v) is 5.42. The van der Waals surface area contributed by atoms with Crippen LogP contribution in [0.15, 0.2) is 54.9 Å². The fraction of sp³-hybridized carbons (Fsp3) is 0.105. The first-order valence-electron chi connectivity index (χ1n) is 8.14. The van der Waals surface area contributed by atoms with Gasteiger partial charge in [-0.15, -0.1) is 0 Å². The first-order valence-corrected chi connectivity index (χ1v) is 8.14. The Morgan fingerprint density at radius 2 is 1.89 bits per heavy atom. The number of para-hydroxylation sites is 2. The molecule has 0 spiro atoms. The molecule has 3 aromatic rings. The third-order valence-electron chi connectivity index (χ3n) is 3.51. The number of halogens is 2. The second kappa shape index (κ2) is 8.22. The Morgan fingerprint density at radius 1 is 1.07 bits per heavy atom. The molecule has 1 heterocycles. The predicted octanol–water partition coefficient (Wildman–Crippen LogP) is 4.15. The first-order chi connectivity index (χ1) is 13.1. The molecular weight excluding hydrogens is 354 g/mol. The molecule has 0 saturated heterocycles. The van der Waals surface area contributed by atoms with E-state index < -0.39 is 17.5 Å². The topological polar surface area (TPSA) is 76.1 Å². The summed E-state index contributed by atoms with van der Waals surface area (Å²) < 4.78 is 32.1. The molecule has 0 bridgehead atoms. The molecule has 0 aliphatic carbocycles. The van der Waals surface area contributed by atoms with E-state index in [2.05, 4.69) is 20.6 Å². The number of amides is 1. The van der Waals surface area contributed by atoms with Gasteiger partial charge in [0.2, 0.25) is 0 Å². The van der Waals surface area contributed by atoms with E-state index in [0.29, 0.717) is 18.0 Å². The SMILES string of the molecule is CCOc1ccccc1NC(=O)c1cnc(Nc2ccc(F)cc2F)cn1. The number of anilines is 3. The van der Waals surface area contributed by atoms with Crippen molar-refractivity contribution in [2.45, 2.75) is 6.92 Å². The Balaban J connectivity index is 1.70. The number of carbonyl (C=O) groups is 1. The lowest BCUT2D eigenvalue weighted by molar-refractivity contribution is 0.102. The predicted molar refractivity (Wildman–Crippen MR) is 97.2 cm³/mol. The van der Waals surface area contributed by atoms with Crippen molar-refractivity contribution in [2.24, 2.45) is 0 Å². The van der Waals surface area contributed by atoms with Crippen molar-refractivity contribution in [2.75, 3.05) is 17.2 Å². The third-order valence-corrected chi connectivity index (χ3v) is 3.51. The van der Waals surface area contributed by atoms with Gasteiger partial charge in [0.15, 0.2) is 0 Å². The Bertz CT molecular complexity index is 949. The lowest BCUT2D eigenvalue weighted by Crippen LogP contribution is -2.15. The molecule has 6 nitrogen and oxygen atoms in total. The molecule has 3 rings (SSSR count). The van der Waals surface area contributed by atoms with Crippen molar-refractivity contribution in [3.05, 3.63) is 72.2 Å². The highest BCUT2D eigenvalue weighted by Gasteiger charge is 2.12. The van der Waals surface area contributed by atoms with Crippen LogP contribution in [-0.2, 0) is 0 Å². The molecule has 27 heavy (non-hydrogen) atoms. The molecule has 1 amide bonds. The van der Waals surface area contributed by atoms with Gasteiger partial charge in [0.25, 0.3) is 5.91 Å². The molecule has 0 unspecified atom stereocenters. The number of rotatable bonds is 6. The van der Waals surface area contributed by atoms with E-state index in [1.165, 1.54) is 18.5 Å². The molecule has 0 atom stereocenters. The maximum Gasteiger partial charge on any atom is 0.275 e. The maximum absolute atomic E-state index is 13.7. The van der Waals surface area contributed by atoms with Crippen molar-refractivity contribution in [3.8, 4) is 5.75 Å². The molecule has 0 fully saturated rings. The van der Waals surface area contributed by atoms with Gasteiger partial charge in [-0.05, 0) is 31.2 Å². The quantitative estimate of drug-likeness (QED) is 0.682. The molecule has 2 aromatic carbocycles. The number of benzene rings is 2. The molecule has 0 saturated carbocycles. The minimum atomic E-state index is -0.758. The van der Waals surface area contributed by atoms with Gasteiger partial charge in [-0.1, -0.05) is 12.1 Å². The lowest BCUT2D eigenvalue weighted by atomic mass is 10.2. The lowest BCUT2D eigenvalue weighted by Gasteiger charge is -2.11. The number of hydrogen-bond donors (Lipinski definition) is 2. The number of nitrogens with one attached hydrogen (secondary N) is 2. The highest BCUT2D eigenvalue weighted by atomic mass is 19.1. The summed E-state index contributed by atoms with van der Waals surface area (Å²) in [4.78, 5) is 20.4. The smallest absolute Gasteiger partial charge is 0.275 e. The Labute approximate surface area is 154 Å². The molecule has 2 N–H and O–H groups in total. The summed E-state index contributed by atoms with van der Waals surface area (Å²) in [5.41, 5.74) is 0.640. The van der Waals surface area contributed by atoms with Crippen LogP contribution >= 0.6 is 0 Å². The van der Waals surface area contributed by atoms with E-state index in [1.54, 1.807) is 24.3 Å². The summed E-state index contributed by atoms with van der Waals surface area (Å²) in [6.45, 7) is 2.31. The van der Waals surface area contributed by atoms with Crippen LogP contribution < -0.4 is 15.4 Å². The molecular formula is C19H16F2N4O2. The van der Waals surface area contributed by atoms with E-state index in [1.807, 2.05) is 6.92 Å². The number of hydrogen-bond acceptors (Lipinski definition) is 5. The molecule has 0 radical (unpaired) electrons. The highest BCUT2D eigenvalue weighted by molar-refractivity contribution is 6.03. The second-order valence-electron chi connectivity index (χ2n) is 5.42. The Hall–Kier alpha value is -3.55. The van der Waals surface area contributed by atoms with E-state index >= 15 is 0 Å². The molecule has 138 valence electrons. The zero-order valence-electron chi connectivity index (χ0n) is 14.4. The Morgan fingerprint density at radius 3 is 2.59 bits per heavy atom. The molecule has 0 aliphatic rings. The standard InChI is InChI=1S/C19H16F2N4O2/c1-2-27-17-6-4-3-5-15(17)25-19(26)16-10-23-18(11-22-16)24-14-8-7-12(20)9-13(14)21/h3-11H,2H2,1H3,(H,23,24)(H,25,26). The summed E-state index contributed by atoms with van der Waals surface area (Å²) in [7, 11) is 0. The summed E-state index contributed by atoms with van der Waals surface area (Å²) in [5.74, 6) is -1.14. The van der Waals surface area contributed by atoms with Gasteiger partial charge in [-0.3, -0.25) is 4.79 Å². The van der Waals surface area contributed by atoms with Crippen molar-refractivity contribution in [1.29, 1.82) is 0 Å². The van der Waals surface area contributed by atoms with E-state index in [9.17, 15) is 13.6 Å². The fourth-order valence-electron chi connectivity index (χ4n) is 2.28. The van der Waals surface area contributed by atoms with Gasteiger partial charge in [0.1, 0.15) is 28.9 Å². The normalized spacial score (nSPS) is 10.3. The van der Waals surface area contributed by atoms with Crippen LogP contribution in [0.3, 0.4) is 0 Å². The van der Waals surface area contributed by atoms with Gasteiger partial charge >= 0.3 is 0 Å². The molecule has 0 aliphatic heterocycles. The third kappa shape index (κ3) is 4.55. The van der Waals surface area contributed by atoms with Gasteiger partial charge < -0.3 is 15.4 Å². The Kier molecular flexibility index (Phi) is 5.55.